The molecule has 13 nitrogen and oxygen atoms in total. The third-order valence-corrected chi connectivity index (χ3v) is 6.11. The standard InChI is InChI=1S/C31H36O13/c1-6-38-27(36)17-37-15-22-10-9-11-23(14-22)24-12-7-8-13-25(24)43-31-30(42-21(5)35)29(41-20(4)34)28(40-19(3)33)26(44-31)16-39-18(2)32/h7-14,26,28-31H,6,15-17H2,1-5H3/t26-,28-,29+,30+,31+/m1/s1. The van der Waals surface area contributed by atoms with Crippen LogP contribution >= 0.6 is 0 Å². The van der Waals surface area contributed by atoms with Gasteiger partial charge in [0.15, 0.2) is 12.2 Å². The van der Waals surface area contributed by atoms with Crippen molar-refractivity contribution in [2.75, 3.05) is 19.8 Å². The molecule has 1 saturated heterocycles. The van der Waals surface area contributed by atoms with Gasteiger partial charge in [0.05, 0.1) is 13.2 Å². The van der Waals surface area contributed by atoms with E-state index in [9.17, 15) is 24.0 Å². The zero-order valence-corrected chi connectivity index (χ0v) is 25.1. The number of rotatable bonds is 13. The van der Waals surface area contributed by atoms with Gasteiger partial charge in [-0.05, 0) is 30.2 Å². The van der Waals surface area contributed by atoms with E-state index in [2.05, 4.69) is 0 Å². The van der Waals surface area contributed by atoms with Crippen LogP contribution in [0.15, 0.2) is 48.5 Å². The summed E-state index contributed by atoms with van der Waals surface area (Å²) in [5.74, 6) is -3.02. The Hall–Kier alpha value is -4.49. The Morgan fingerprint density at radius 3 is 2.07 bits per heavy atom. The lowest BCUT2D eigenvalue weighted by molar-refractivity contribution is -0.288. The highest BCUT2D eigenvalue weighted by Crippen LogP contribution is 2.35. The molecule has 0 amide bonds. The zero-order valence-electron chi connectivity index (χ0n) is 25.1. The van der Waals surface area contributed by atoms with Gasteiger partial charge in [-0.15, -0.1) is 0 Å². The van der Waals surface area contributed by atoms with Gasteiger partial charge < -0.3 is 37.9 Å². The molecule has 1 aliphatic heterocycles. The molecule has 0 bridgehead atoms. The number of benzene rings is 2. The third kappa shape index (κ3) is 10.1. The van der Waals surface area contributed by atoms with Crippen LogP contribution < -0.4 is 4.74 Å². The average molecular weight is 617 g/mol. The van der Waals surface area contributed by atoms with E-state index < -0.39 is 60.6 Å². The summed E-state index contributed by atoms with van der Waals surface area (Å²) in [5.41, 5.74) is 2.12. The van der Waals surface area contributed by atoms with E-state index in [4.69, 9.17) is 37.9 Å². The van der Waals surface area contributed by atoms with Crippen molar-refractivity contribution in [3.8, 4) is 16.9 Å². The summed E-state index contributed by atoms with van der Waals surface area (Å²) >= 11 is 0. The van der Waals surface area contributed by atoms with Crippen LogP contribution in [0.1, 0.15) is 40.2 Å². The molecule has 0 N–H and O–H groups in total. The normalized spacial score (nSPS) is 21.0. The lowest BCUT2D eigenvalue weighted by atomic mass is 9.97. The Labute approximate surface area is 254 Å². The second-order valence-electron chi connectivity index (χ2n) is 9.68. The van der Waals surface area contributed by atoms with Crippen LogP contribution in [-0.4, -0.2) is 80.4 Å². The van der Waals surface area contributed by atoms with Crippen LogP contribution in [0.5, 0.6) is 5.75 Å². The Kier molecular flexibility index (Phi) is 12.7. The van der Waals surface area contributed by atoms with Crippen molar-refractivity contribution in [1.82, 2.24) is 0 Å². The van der Waals surface area contributed by atoms with Gasteiger partial charge >= 0.3 is 29.8 Å². The Morgan fingerprint density at radius 2 is 1.41 bits per heavy atom. The van der Waals surface area contributed by atoms with Crippen LogP contribution in [0.2, 0.25) is 0 Å². The lowest BCUT2D eigenvalue weighted by Gasteiger charge is -2.44. The van der Waals surface area contributed by atoms with Crippen molar-refractivity contribution < 1.29 is 61.9 Å². The molecular formula is C31H36O13. The van der Waals surface area contributed by atoms with Gasteiger partial charge in [-0.1, -0.05) is 36.4 Å². The molecular weight excluding hydrogens is 580 g/mol. The predicted octanol–water partition coefficient (Wildman–Crippen LogP) is 2.90. The van der Waals surface area contributed by atoms with E-state index in [0.717, 1.165) is 31.9 Å². The van der Waals surface area contributed by atoms with Gasteiger partial charge in [0.1, 0.15) is 25.1 Å². The maximum atomic E-state index is 12.2. The van der Waals surface area contributed by atoms with Gasteiger partial charge in [0.2, 0.25) is 12.4 Å². The van der Waals surface area contributed by atoms with Crippen LogP contribution in [-0.2, 0) is 63.7 Å². The van der Waals surface area contributed by atoms with Crippen LogP contribution in [0.3, 0.4) is 0 Å². The van der Waals surface area contributed by atoms with Crippen LogP contribution in [0.25, 0.3) is 11.1 Å². The van der Waals surface area contributed by atoms with Crippen LogP contribution in [0.4, 0.5) is 0 Å². The Morgan fingerprint density at radius 1 is 0.750 bits per heavy atom. The highest BCUT2D eigenvalue weighted by Gasteiger charge is 2.53. The summed E-state index contributed by atoms with van der Waals surface area (Å²) in [7, 11) is 0. The molecule has 0 saturated carbocycles. The molecule has 0 spiro atoms. The highest BCUT2D eigenvalue weighted by molar-refractivity contribution is 5.72. The lowest BCUT2D eigenvalue weighted by Crippen LogP contribution is -2.63. The Bertz CT molecular complexity index is 1320. The van der Waals surface area contributed by atoms with Gasteiger partial charge in [-0.3, -0.25) is 19.2 Å². The number of para-hydroxylation sites is 1. The summed E-state index contributed by atoms with van der Waals surface area (Å²) in [6, 6.07) is 14.3. The third-order valence-electron chi connectivity index (χ3n) is 6.11. The molecule has 0 aromatic heterocycles. The summed E-state index contributed by atoms with van der Waals surface area (Å²) in [5, 5.41) is 0. The van der Waals surface area contributed by atoms with E-state index in [1.165, 1.54) is 6.92 Å². The van der Waals surface area contributed by atoms with Crippen LogP contribution in [0, 0.1) is 0 Å². The molecule has 3 rings (SSSR count). The van der Waals surface area contributed by atoms with E-state index in [-0.39, 0.29) is 26.4 Å². The fourth-order valence-corrected chi connectivity index (χ4v) is 4.50. The fourth-order valence-electron chi connectivity index (χ4n) is 4.50. The first kappa shape index (κ1) is 34.0. The molecule has 1 aliphatic rings. The predicted molar refractivity (Wildman–Crippen MR) is 151 cm³/mol. The van der Waals surface area contributed by atoms with E-state index in [1.54, 1.807) is 31.2 Å². The monoisotopic (exact) mass is 616 g/mol. The summed E-state index contributed by atoms with van der Waals surface area (Å²) in [4.78, 5) is 59.5. The Balaban J connectivity index is 1.95. The average Bonchev–Trinajstić information content (AvgIpc) is 2.95. The number of carbonyl (C=O) groups excluding carboxylic acids is 5. The van der Waals surface area contributed by atoms with Crippen molar-refractivity contribution in [3.63, 3.8) is 0 Å². The topological polar surface area (TPSA) is 159 Å². The first-order chi connectivity index (χ1) is 21.0. The fraction of sp³-hybridized carbons (Fsp3) is 0.452. The molecule has 0 radical (unpaired) electrons. The first-order valence-electron chi connectivity index (χ1n) is 13.9. The molecule has 0 aliphatic carbocycles. The molecule has 13 heteroatoms. The number of esters is 5. The largest absolute Gasteiger partial charge is 0.464 e. The maximum Gasteiger partial charge on any atom is 0.332 e. The molecule has 0 unspecified atom stereocenters. The molecule has 2 aromatic rings. The van der Waals surface area contributed by atoms with Crippen molar-refractivity contribution in [2.45, 2.75) is 71.9 Å². The SMILES string of the molecule is CCOC(=O)COCc1cccc(-c2ccccc2O[C@H]2O[C@H](COC(C)=O)[C@@H](OC(C)=O)[C@H](OC(C)=O)[C@@H]2OC(C)=O)c1. The summed E-state index contributed by atoms with van der Waals surface area (Å²) in [6.07, 6.45) is -6.61. The van der Waals surface area contributed by atoms with Gasteiger partial charge in [-0.25, -0.2) is 4.79 Å². The number of hydrogen-bond donors (Lipinski definition) is 0. The second kappa shape index (κ2) is 16.4. The molecule has 1 fully saturated rings. The first-order valence-corrected chi connectivity index (χ1v) is 13.9. The number of carbonyl (C=O) groups is 5. The van der Waals surface area contributed by atoms with Gasteiger partial charge in [0, 0.05) is 33.3 Å². The number of ether oxygens (including phenoxy) is 8. The van der Waals surface area contributed by atoms with E-state index >= 15 is 0 Å². The molecule has 1 heterocycles. The summed E-state index contributed by atoms with van der Waals surface area (Å²) in [6.45, 7) is 6.16. The van der Waals surface area contributed by atoms with E-state index in [1.807, 2.05) is 24.3 Å². The minimum atomic E-state index is -1.40. The maximum absolute atomic E-state index is 12.2. The van der Waals surface area contributed by atoms with Crippen molar-refractivity contribution in [1.29, 1.82) is 0 Å². The summed E-state index contributed by atoms with van der Waals surface area (Å²) < 4.78 is 44.2. The molecule has 2 aromatic carbocycles. The number of hydrogen-bond acceptors (Lipinski definition) is 13. The quantitative estimate of drug-likeness (QED) is 0.239. The molecule has 238 valence electrons. The van der Waals surface area contributed by atoms with Crippen molar-refractivity contribution in [3.05, 3.63) is 54.1 Å². The molecule has 44 heavy (non-hydrogen) atoms. The van der Waals surface area contributed by atoms with Gasteiger partial charge in [0.25, 0.3) is 0 Å². The van der Waals surface area contributed by atoms with E-state index in [0.29, 0.717) is 11.3 Å². The van der Waals surface area contributed by atoms with Crippen molar-refractivity contribution >= 4 is 29.8 Å². The highest BCUT2D eigenvalue weighted by atomic mass is 16.7. The van der Waals surface area contributed by atoms with Gasteiger partial charge in [-0.2, -0.15) is 0 Å². The molecule has 5 atom stereocenters. The smallest absolute Gasteiger partial charge is 0.332 e. The minimum absolute atomic E-state index is 0.148. The minimum Gasteiger partial charge on any atom is -0.464 e. The zero-order chi connectivity index (χ0) is 32.2. The van der Waals surface area contributed by atoms with Crippen molar-refractivity contribution in [2.24, 2.45) is 0 Å². The second-order valence-corrected chi connectivity index (χ2v) is 9.68.